The number of allylic oxidation sites excluding steroid dienone is 1. The van der Waals surface area contributed by atoms with E-state index < -0.39 is 5.60 Å². The monoisotopic (exact) mass is 478 g/mol. The summed E-state index contributed by atoms with van der Waals surface area (Å²) >= 11 is 0. The predicted molar refractivity (Wildman–Crippen MR) is 134 cm³/mol. The molecule has 0 amide bonds. The van der Waals surface area contributed by atoms with Crippen LogP contribution >= 0.6 is 0 Å². The van der Waals surface area contributed by atoms with Gasteiger partial charge in [-0.3, -0.25) is 4.79 Å². The van der Waals surface area contributed by atoms with Crippen LogP contribution in [0.25, 0.3) is 0 Å². The molecule has 0 saturated heterocycles. The predicted octanol–water partition coefficient (Wildman–Crippen LogP) is 3.70. The zero-order valence-corrected chi connectivity index (χ0v) is 21.4. The number of carbonyl (C=O) groups is 1. The highest BCUT2D eigenvalue weighted by Crippen LogP contribution is 2.70. The Kier molecular flexibility index (Phi) is 4.89. The average molecular weight is 479 g/mol. The van der Waals surface area contributed by atoms with Gasteiger partial charge in [-0.05, 0) is 115 Å². The molecule has 3 atom stereocenters. The van der Waals surface area contributed by atoms with Crippen LogP contribution in [0.5, 0.6) is 5.75 Å². The molecule has 3 N–H and O–H groups in total. The summed E-state index contributed by atoms with van der Waals surface area (Å²) in [6.45, 7) is 11.1. The SMILES string of the molecule is C=C1C2=C(CC(C)(CO)C2)C(=O)C2(CCc3c(CCO)c(C)c4c(c3O2)CC(C)(CO)C4)C12CC2. The Morgan fingerprint density at radius 2 is 1.51 bits per heavy atom. The van der Waals surface area contributed by atoms with E-state index in [4.69, 9.17) is 4.74 Å². The Hall–Kier alpha value is -1.95. The van der Waals surface area contributed by atoms with Gasteiger partial charge < -0.3 is 20.1 Å². The zero-order valence-electron chi connectivity index (χ0n) is 21.4. The molecule has 1 heterocycles. The van der Waals surface area contributed by atoms with Crippen molar-refractivity contribution in [1.29, 1.82) is 0 Å². The zero-order chi connectivity index (χ0) is 25.0. The molecule has 5 aliphatic rings. The Labute approximate surface area is 207 Å². The molecule has 2 spiro atoms. The first-order valence-corrected chi connectivity index (χ1v) is 13.2. The molecule has 0 aromatic heterocycles. The Bertz CT molecular complexity index is 1200. The summed E-state index contributed by atoms with van der Waals surface area (Å²) < 4.78 is 7.08. The lowest BCUT2D eigenvalue weighted by Crippen LogP contribution is -2.58. The van der Waals surface area contributed by atoms with Gasteiger partial charge in [0, 0.05) is 30.8 Å². The third-order valence-electron chi connectivity index (χ3n) is 10.2. The Morgan fingerprint density at radius 1 is 0.886 bits per heavy atom. The van der Waals surface area contributed by atoms with Gasteiger partial charge >= 0.3 is 0 Å². The van der Waals surface area contributed by atoms with Crippen LogP contribution in [-0.2, 0) is 30.5 Å². The Morgan fingerprint density at radius 3 is 2.14 bits per heavy atom. The van der Waals surface area contributed by atoms with E-state index in [0.29, 0.717) is 25.7 Å². The number of hydrogen-bond donors (Lipinski definition) is 3. The molecule has 3 unspecified atom stereocenters. The fourth-order valence-electron chi connectivity index (χ4n) is 7.98. The molecule has 4 aliphatic carbocycles. The number of aliphatic hydroxyl groups is 3. The van der Waals surface area contributed by atoms with Crippen molar-refractivity contribution in [1.82, 2.24) is 0 Å². The van der Waals surface area contributed by atoms with Gasteiger partial charge in [0.25, 0.3) is 0 Å². The van der Waals surface area contributed by atoms with E-state index in [1.165, 1.54) is 11.1 Å². The second kappa shape index (κ2) is 7.30. The minimum Gasteiger partial charge on any atom is -0.478 e. The van der Waals surface area contributed by atoms with Gasteiger partial charge in [0.1, 0.15) is 5.75 Å². The number of hydrogen-bond acceptors (Lipinski definition) is 5. The van der Waals surface area contributed by atoms with Crippen molar-refractivity contribution in [3.8, 4) is 5.75 Å². The summed E-state index contributed by atoms with van der Waals surface area (Å²) in [5, 5.41) is 30.1. The molecule has 35 heavy (non-hydrogen) atoms. The highest BCUT2D eigenvalue weighted by Gasteiger charge is 2.71. The molecule has 0 bridgehead atoms. The number of aliphatic hydroxyl groups excluding tert-OH is 3. The minimum atomic E-state index is -0.936. The highest BCUT2D eigenvalue weighted by molar-refractivity contribution is 6.07. The molecular weight excluding hydrogens is 440 g/mol. The second-order valence-electron chi connectivity index (χ2n) is 12.8. The van der Waals surface area contributed by atoms with E-state index >= 15 is 0 Å². The maximum Gasteiger partial charge on any atom is 0.203 e. The van der Waals surface area contributed by atoms with E-state index in [0.717, 1.165) is 71.3 Å². The van der Waals surface area contributed by atoms with Crippen molar-refractivity contribution in [2.24, 2.45) is 16.2 Å². The first-order chi connectivity index (χ1) is 16.6. The number of ether oxygens (including phenoxy) is 1. The van der Waals surface area contributed by atoms with Crippen LogP contribution in [0.3, 0.4) is 0 Å². The van der Waals surface area contributed by atoms with Crippen LogP contribution < -0.4 is 4.74 Å². The molecule has 6 rings (SSSR count). The van der Waals surface area contributed by atoms with Gasteiger partial charge in [-0.1, -0.05) is 20.4 Å². The number of Topliss-reactive ketones (excluding diaryl/α,β-unsaturated/α-hetero) is 1. The third-order valence-corrected chi connectivity index (χ3v) is 10.2. The summed E-state index contributed by atoms with van der Waals surface area (Å²) in [5.41, 5.74) is 7.00. The van der Waals surface area contributed by atoms with E-state index in [2.05, 4.69) is 27.4 Å². The van der Waals surface area contributed by atoms with Crippen LogP contribution in [0.2, 0.25) is 0 Å². The summed E-state index contributed by atoms with van der Waals surface area (Å²) in [7, 11) is 0. The van der Waals surface area contributed by atoms with Gasteiger partial charge in [0.2, 0.25) is 5.78 Å². The number of rotatable bonds is 4. The van der Waals surface area contributed by atoms with Crippen molar-refractivity contribution in [2.75, 3.05) is 19.8 Å². The third kappa shape index (κ3) is 2.89. The summed E-state index contributed by atoms with van der Waals surface area (Å²) in [4.78, 5) is 14.4. The van der Waals surface area contributed by atoms with Gasteiger partial charge in [-0.2, -0.15) is 0 Å². The largest absolute Gasteiger partial charge is 0.478 e. The topological polar surface area (TPSA) is 87.0 Å². The standard InChI is InChI=1S/C30H38O5/c1-17-19(6-10-31)20-5-7-30(35-25(20)23-13-27(3,15-32)11-21(17)23)26(34)24-14-28(4,16-33)12-22(24)18(2)29(30)8-9-29/h31-33H,2,5-16H2,1,3-4H3. The molecule has 1 aromatic carbocycles. The number of ketones is 1. The molecule has 1 aliphatic heterocycles. The van der Waals surface area contributed by atoms with Gasteiger partial charge in [0.15, 0.2) is 5.60 Å². The van der Waals surface area contributed by atoms with E-state index in [-0.39, 0.29) is 41.8 Å². The van der Waals surface area contributed by atoms with Gasteiger partial charge in [-0.15, -0.1) is 0 Å². The molecule has 1 fully saturated rings. The highest BCUT2D eigenvalue weighted by atomic mass is 16.5. The molecular formula is C30H38O5. The fourth-order valence-corrected chi connectivity index (χ4v) is 7.98. The summed E-state index contributed by atoms with van der Waals surface area (Å²) in [5.74, 6) is 0.957. The van der Waals surface area contributed by atoms with Crippen molar-refractivity contribution < 1.29 is 24.9 Å². The molecule has 1 saturated carbocycles. The van der Waals surface area contributed by atoms with Crippen LogP contribution in [0, 0.1) is 23.2 Å². The molecule has 5 nitrogen and oxygen atoms in total. The average Bonchev–Trinajstić information content (AvgIpc) is 3.47. The maximum absolute atomic E-state index is 14.4. The van der Waals surface area contributed by atoms with Crippen molar-refractivity contribution in [2.45, 2.75) is 84.2 Å². The minimum absolute atomic E-state index is 0.0568. The fraction of sp³-hybridized carbons (Fsp3) is 0.633. The van der Waals surface area contributed by atoms with Crippen LogP contribution in [0.4, 0.5) is 0 Å². The molecule has 0 radical (unpaired) electrons. The normalized spacial score (nSPS) is 34.3. The lowest BCUT2D eigenvalue weighted by atomic mass is 9.63. The van der Waals surface area contributed by atoms with E-state index in [9.17, 15) is 20.1 Å². The van der Waals surface area contributed by atoms with Crippen LogP contribution in [0.15, 0.2) is 23.3 Å². The van der Waals surface area contributed by atoms with E-state index in [1.54, 1.807) is 0 Å². The van der Waals surface area contributed by atoms with Gasteiger partial charge in [-0.25, -0.2) is 0 Å². The quantitative estimate of drug-likeness (QED) is 0.614. The number of fused-ring (bicyclic) bond motifs is 4. The first kappa shape index (κ1) is 23.4. The summed E-state index contributed by atoms with van der Waals surface area (Å²) in [6, 6.07) is 0. The molecule has 5 heteroatoms. The lowest BCUT2D eigenvalue weighted by molar-refractivity contribution is -0.139. The molecule has 188 valence electrons. The summed E-state index contributed by atoms with van der Waals surface area (Å²) in [6.07, 6.45) is 6.56. The first-order valence-electron chi connectivity index (χ1n) is 13.2. The van der Waals surface area contributed by atoms with Crippen molar-refractivity contribution in [3.05, 3.63) is 51.1 Å². The number of benzene rings is 1. The lowest BCUT2D eigenvalue weighted by Gasteiger charge is -2.48. The second-order valence-corrected chi connectivity index (χ2v) is 12.8. The van der Waals surface area contributed by atoms with Crippen LogP contribution in [-0.4, -0.2) is 46.5 Å². The van der Waals surface area contributed by atoms with Gasteiger partial charge in [0.05, 0.1) is 0 Å². The van der Waals surface area contributed by atoms with Crippen molar-refractivity contribution in [3.63, 3.8) is 0 Å². The van der Waals surface area contributed by atoms with Crippen LogP contribution in [0.1, 0.15) is 73.8 Å². The Balaban J connectivity index is 1.51. The van der Waals surface area contributed by atoms with Crippen molar-refractivity contribution >= 4 is 5.78 Å². The number of carbonyl (C=O) groups excluding carboxylic acids is 1. The maximum atomic E-state index is 14.4. The van der Waals surface area contributed by atoms with E-state index in [1.807, 2.05) is 0 Å². The smallest absolute Gasteiger partial charge is 0.203 e. The molecule has 1 aromatic rings.